The van der Waals surface area contributed by atoms with Crippen molar-refractivity contribution >= 4 is 55.4 Å². The number of benzene rings is 2. The molecule has 0 bridgehead atoms. The number of furan rings is 1. The Morgan fingerprint density at radius 2 is 1.87 bits per heavy atom. The lowest BCUT2D eigenvalue weighted by Gasteiger charge is -2.24. The SMILES string of the molecule is Cc1ccc(S(=O)(=O)N(CC(=O)N/N=C\c2cc(Br)c(C)o2)c2ccccc2Cl)cc1. The molecule has 0 fully saturated rings. The lowest BCUT2D eigenvalue weighted by molar-refractivity contribution is -0.119. The van der Waals surface area contributed by atoms with Crippen LogP contribution in [0.3, 0.4) is 0 Å². The van der Waals surface area contributed by atoms with Crippen LogP contribution in [0.1, 0.15) is 17.1 Å². The van der Waals surface area contributed by atoms with E-state index in [4.69, 9.17) is 16.0 Å². The van der Waals surface area contributed by atoms with Gasteiger partial charge in [-0.25, -0.2) is 13.8 Å². The fourth-order valence-corrected chi connectivity index (χ4v) is 4.70. The summed E-state index contributed by atoms with van der Waals surface area (Å²) in [5, 5.41) is 4.04. The molecule has 0 radical (unpaired) electrons. The molecule has 0 aliphatic heterocycles. The minimum Gasteiger partial charge on any atom is -0.459 e. The molecule has 0 saturated carbocycles. The average Bonchev–Trinajstić information content (AvgIpc) is 3.04. The minimum absolute atomic E-state index is 0.0465. The lowest BCUT2D eigenvalue weighted by Crippen LogP contribution is -2.39. The van der Waals surface area contributed by atoms with E-state index < -0.39 is 22.5 Å². The number of sulfonamides is 1. The predicted octanol–water partition coefficient (Wildman–Crippen LogP) is 4.66. The smallest absolute Gasteiger partial charge is 0.264 e. The van der Waals surface area contributed by atoms with Gasteiger partial charge in [0.05, 0.1) is 26.3 Å². The standard InChI is InChI=1S/C21H19BrClN3O4S/c1-14-7-9-17(10-8-14)31(28,29)26(20-6-4-3-5-19(20)23)13-21(27)25-24-12-16-11-18(22)15(2)30-16/h3-12H,13H2,1-2H3,(H,25,27)/b24-12-. The van der Waals surface area contributed by atoms with Crippen LogP contribution in [0.5, 0.6) is 0 Å². The molecule has 10 heteroatoms. The Kier molecular flexibility index (Phi) is 7.19. The third-order valence-electron chi connectivity index (χ3n) is 4.27. The van der Waals surface area contributed by atoms with Crippen molar-refractivity contribution in [3.05, 3.63) is 81.2 Å². The van der Waals surface area contributed by atoms with Crippen LogP contribution in [0, 0.1) is 13.8 Å². The van der Waals surface area contributed by atoms with E-state index in [1.54, 1.807) is 43.3 Å². The van der Waals surface area contributed by atoms with Gasteiger partial charge < -0.3 is 4.42 Å². The maximum Gasteiger partial charge on any atom is 0.264 e. The van der Waals surface area contributed by atoms with Gasteiger partial charge in [-0.3, -0.25) is 9.10 Å². The third kappa shape index (κ3) is 5.55. The maximum atomic E-state index is 13.3. The summed E-state index contributed by atoms with van der Waals surface area (Å²) in [7, 11) is -4.06. The van der Waals surface area contributed by atoms with E-state index in [9.17, 15) is 13.2 Å². The first kappa shape index (κ1) is 23.1. The number of nitrogens with one attached hydrogen (secondary N) is 1. The van der Waals surface area contributed by atoms with Crippen LogP contribution in [0.25, 0.3) is 0 Å². The highest BCUT2D eigenvalue weighted by molar-refractivity contribution is 9.10. The molecule has 1 aromatic heterocycles. The van der Waals surface area contributed by atoms with Crippen LogP contribution < -0.4 is 9.73 Å². The van der Waals surface area contributed by atoms with Crippen molar-refractivity contribution in [1.82, 2.24) is 5.43 Å². The van der Waals surface area contributed by atoms with Gasteiger partial charge in [-0.2, -0.15) is 5.10 Å². The first-order valence-electron chi connectivity index (χ1n) is 9.10. The predicted molar refractivity (Wildman–Crippen MR) is 124 cm³/mol. The third-order valence-corrected chi connectivity index (χ3v) is 7.16. The largest absolute Gasteiger partial charge is 0.459 e. The second kappa shape index (κ2) is 9.67. The van der Waals surface area contributed by atoms with Crippen LogP contribution in [-0.4, -0.2) is 27.1 Å². The molecule has 7 nitrogen and oxygen atoms in total. The Hall–Kier alpha value is -2.62. The number of carbonyl (C=O) groups excluding carboxylic acids is 1. The van der Waals surface area contributed by atoms with E-state index >= 15 is 0 Å². The lowest BCUT2D eigenvalue weighted by atomic mass is 10.2. The van der Waals surface area contributed by atoms with Crippen LogP contribution in [-0.2, 0) is 14.8 Å². The minimum atomic E-state index is -4.06. The topological polar surface area (TPSA) is 92.0 Å². The van der Waals surface area contributed by atoms with Crippen LogP contribution in [0.15, 0.2) is 73.5 Å². The molecule has 31 heavy (non-hydrogen) atoms. The van der Waals surface area contributed by atoms with Gasteiger partial charge in [-0.1, -0.05) is 41.4 Å². The first-order valence-corrected chi connectivity index (χ1v) is 11.7. The molecule has 162 valence electrons. The Bertz CT molecular complexity index is 1200. The van der Waals surface area contributed by atoms with E-state index in [1.165, 1.54) is 24.4 Å². The van der Waals surface area contributed by atoms with Crippen LogP contribution >= 0.6 is 27.5 Å². The molecular weight excluding hydrogens is 506 g/mol. The number of nitrogens with zero attached hydrogens (tertiary/aromatic N) is 2. The molecule has 0 aliphatic rings. The Labute approximate surface area is 193 Å². The molecule has 2 aromatic carbocycles. The molecule has 0 unspecified atom stereocenters. The highest BCUT2D eigenvalue weighted by atomic mass is 79.9. The zero-order chi connectivity index (χ0) is 22.6. The average molecular weight is 525 g/mol. The van der Waals surface area contributed by atoms with E-state index in [0.29, 0.717) is 11.5 Å². The van der Waals surface area contributed by atoms with Gasteiger partial charge in [0.25, 0.3) is 15.9 Å². The number of anilines is 1. The summed E-state index contributed by atoms with van der Waals surface area (Å²) >= 11 is 9.56. The number of halogens is 2. The number of hydrogen-bond donors (Lipinski definition) is 1. The van der Waals surface area contributed by atoms with Gasteiger partial charge in [-0.05, 0) is 54.0 Å². The summed E-state index contributed by atoms with van der Waals surface area (Å²) in [5.74, 6) is 0.455. The van der Waals surface area contributed by atoms with Crippen molar-refractivity contribution in [3.8, 4) is 0 Å². The molecular formula is C21H19BrClN3O4S. The molecule has 0 atom stereocenters. The number of carbonyl (C=O) groups is 1. The van der Waals surface area contributed by atoms with Gasteiger partial charge in [0.2, 0.25) is 0 Å². The van der Waals surface area contributed by atoms with Gasteiger partial charge in [0.15, 0.2) is 0 Å². The molecule has 3 rings (SSSR count). The quantitative estimate of drug-likeness (QED) is 0.359. The molecule has 1 heterocycles. The van der Waals surface area contributed by atoms with Crippen LogP contribution in [0.2, 0.25) is 5.02 Å². The normalized spacial score (nSPS) is 11.6. The number of amides is 1. The van der Waals surface area contributed by atoms with E-state index in [0.717, 1.165) is 14.3 Å². The highest BCUT2D eigenvalue weighted by Gasteiger charge is 2.28. The van der Waals surface area contributed by atoms with E-state index in [1.807, 2.05) is 6.92 Å². The Morgan fingerprint density at radius 1 is 1.19 bits per heavy atom. The van der Waals surface area contributed by atoms with Crippen molar-refractivity contribution in [2.75, 3.05) is 10.8 Å². The fourth-order valence-electron chi connectivity index (χ4n) is 2.67. The van der Waals surface area contributed by atoms with E-state index in [2.05, 4.69) is 26.5 Å². The van der Waals surface area contributed by atoms with Crippen molar-refractivity contribution in [1.29, 1.82) is 0 Å². The van der Waals surface area contributed by atoms with E-state index in [-0.39, 0.29) is 15.6 Å². The molecule has 0 saturated heterocycles. The number of hydrazone groups is 1. The number of rotatable bonds is 7. The zero-order valence-electron chi connectivity index (χ0n) is 16.7. The fraction of sp³-hybridized carbons (Fsp3) is 0.143. The van der Waals surface area contributed by atoms with Crippen molar-refractivity contribution in [2.45, 2.75) is 18.7 Å². The van der Waals surface area contributed by atoms with Gasteiger partial charge in [0, 0.05) is 6.07 Å². The zero-order valence-corrected chi connectivity index (χ0v) is 19.8. The summed E-state index contributed by atoms with van der Waals surface area (Å²) in [6.07, 6.45) is 1.32. The molecule has 0 aliphatic carbocycles. The summed E-state index contributed by atoms with van der Waals surface area (Å²) in [5.41, 5.74) is 3.42. The Balaban J connectivity index is 1.85. The van der Waals surface area contributed by atoms with Gasteiger partial charge >= 0.3 is 0 Å². The molecule has 1 amide bonds. The molecule has 0 spiro atoms. The molecule has 1 N–H and O–H groups in total. The van der Waals surface area contributed by atoms with Crippen molar-refractivity contribution < 1.29 is 17.6 Å². The van der Waals surface area contributed by atoms with Crippen LogP contribution in [0.4, 0.5) is 5.69 Å². The van der Waals surface area contributed by atoms with Crippen molar-refractivity contribution in [2.24, 2.45) is 5.10 Å². The summed E-state index contributed by atoms with van der Waals surface area (Å²) in [6, 6.07) is 14.5. The monoisotopic (exact) mass is 523 g/mol. The van der Waals surface area contributed by atoms with Gasteiger partial charge in [0.1, 0.15) is 18.1 Å². The summed E-state index contributed by atoms with van der Waals surface area (Å²) < 4.78 is 33.7. The second-order valence-electron chi connectivity index (χ2n) is 6.62. The number of aryl methyl sites for hydroxylation is 2. The number of para-hydroxylation sites is 1. The summed E-state index contributed by atoms with van der Waals surface area (Å²) in [6.45, 7) is 3.11. The van der Waals surface area contributed by atoms with Crippen molar-refractivity contribution in [3.63, 3.8) is 0 Å². The number of hydrogen-bond acceptors (Lipinski definition) is 5. The second-order valence-corrected chi connectivity index (χ2v) is 9.75. The molecule has 3 aromatic rings. The van der Waals surface area contributed by atoms with Gasteiger partial charge in [-0.15, -0.1) is 0 Å². The summed E-state index contributed by atoms with van der Waals surface area (Å²) in [4.78, 5) is 12.6. The highest BCUT2D eigenvalue weighted by Crippen LogP contribution is 2.30. The maximum absolute atomic E-state index is 13.3. The Morgan fingerprint density at radius 3 is 2.48 bits per heavy atom. The first-order chi connectivity index (χ1) is 14.7.